The molecular weight excluding hydrogens is 226 g/mol. The first-order chi connectivity index (χ1) is 8.72. The first kappa shape index (κ1) is 13.0. The van der Waals surface area contributed by atoms with Gasteiger partial charge in [-0.3, -0.25) is 4.98 Å². The number of rotatable bonds is 5. The molecule has 0 bridgehead atoms. The molecule has 1 aromatic heterocycles. The van der Waals surface area contributed by atoms with Crippen LogP contribution in [0.4, 0.5) is 0 Å². The molecule has 18 heavy (non-hydrogen) atoms. The Bertz CT molecular complexity index is 507. The third-order valence-electron chi connectivity index (χ3n) is 3.13. The number of methoxy groups -OCH3 is 1. The molecule has 2 aromatic rings. The van der Waals surface area contributed by atoms with Gasteiger partial charge in [-0.05, 0) is 17.7 Å². The number of aliphatic hydroxyl groups excluding tert-OH is 1. The largest absolute Gasteiger partial charge is 0.388 e. The SMILES string of the molecule is COCC(C)CC(O)c1cncc2ccccc12. The van der Waals surface area contributed by atoms with Crippen LogP contribution in [-0.2, 0) is 4.74 Å². The summed E-state index contributed by atoms with van der Waals surface area (Å²) in [6.07, 6.45) is 3.77. The van der Waals surface area contributed by atoms with Gasteiger partial charge in [0.1, 0.15) is 0 Å². The molecule has 0 aliphatic carbocycles. The molecule has 0 aliphatic heterocycles. The van der Waals surface area contributed by atoms with Gasteiger partial charge in [-0.2, -0.15) is 0 Å². The lowest BCUT2D eigenvalue weighted by Crippen LogP contribution is -2.10. The van der Waals surface area contributed by atoms with Gasteiger partial charge >= 0.3 is 0 Å². The van der Waals surface area contributed by atoms with E-state index in [2.05, 4.69) is 11.9 Å². The van der Waals surface area contributed by atoms with E-state index in [1.54, 1.807) is 13.3 Å². The zero-order chi connectivity index (χ0) is 13.0. The maximum Gasteiger partial charge on any atom is 0.0814 e. The quantitative estimate of drug-likeness (QED) is 0.880. The summed E-state index contributed by atoms with van der Waals surface area (Å²) in [4.78, 5) is 4.20. The fourth-order valence-corrected chi connectivity index (χ4v) is 2.27. The lowest BCUT2D eigenvalue weighted by atomic mass is 9.96. The second-order valence-corrected chi connectivity index (χ2v) is 4.76. The van der Waals surface area contributed by atoms with E-state index in [1.807, 2.05) is 30.5 Å². The van der Waals surface area contributed by atoms with Crippen molar-refractivity contribution in [2.75, 3.05) is 13.7 Å². The van der Waals surface area contributed by atoms with Gasteiger partial charge in [-0.25, -0.2) is 0 Å². The molecule has 0 amide bonds. The molecule has 3 nitrogen and oxygen atoms in total. The molecule has 0 aliphatic rings. The number of ether oxygens (including phenoxy) is 1. The zero-order valence-electron chi connectivity index (χ0n) is 10.8. The van der Waals surface area contributed by atoms with Gasteiger partial charge in [0.05, 0.1) is 6.10 Å². The third kappa shape index (κ3) is 2.86. The minimum atomic E-state index is -0.492. The topological polar surface area (TPSA) is 42.4 Å². The average molecular weight is 245 g/mol. The Morgan fingerprint density at radius 1 is 1.28 bits per heavy atom. The van der Waals surface area contributed by atoms with E-state index >= 15 is 0 Å². The van der Waals surface area contributed by atoms with Crippen LogP contribution in [0.5, 0.6) is 0 Å². The van der Waals surface area contributed by atoms with Crippen molar-refractivity contribution in [3.05, 3.63) is 42.2 Å². The highest BCUT2D eigenvalue weighted by Crippen LogP contribution is 2.27. The monoisotopic (exact) mass is 245 g/mol. The van der Waals surface area contributed by atoms with Crippen molar-refractivity contribution in [3.63, 3.8) is 0 Å². The van der Waals surface area contributed by atoms with Crippen molar-refractivity contribution in [1.29, 1.82) is 0 Å². The summed E-state index contributed by atoms with van der Waals surface area (Å²) >= 11 is 0. The van der Waals surface area contributed by atoms with Crippen LogP contribution in [0, 0.1) is 5.92 Å². The van der Waals surface area contributed by atoms with E-state index < -0.39 is 6.10 Å². The fourth-order valence-electron chi connectivity index (χ4n) is 2.27. The molecule has 1 aromatic carbocycles. The summed E-state index contributed by atoms with van der Waals surface area (Å²) < 4.78 is 5.10. The molecule has 2 rings (SSSR count). The van der Waals surface area contributed by atoms with E-state index in [0.717, 1.165) is 16.3 Å². The molecule has 0 fully saturated rings. The third-order valence-corrected chi connectivity index (χ3v) is 3.13. The molecule has 0 saturated heterocycles. The van der Waals surface area contributed by atoms with Crippen LogP contribution in [0.3, 0.4) is 0 Å². The summed E-state index contributed by atoms with van der Waals surface area (Å²) in [6.45, 7) is 2.74. The Kier molecular flexibility index (Phi) is 4.28. The summed E-state index contributed by atoms with van der Waals surface area (Å²) in [5, 5.41) is 12.5. The van der Waals surface area contributed by atoms with E-state index in [4.69, 9.17) is 4.74 Å². The predicted octanol–water partition coefficient (Wildman–Crippen LogP) is 2.94. The average Bonchev–Trinajstić information content (AvgIpc) is 2.38. The fraction of sp³-hybridized carbons (Fsp3) is 0.400. The number of nitrogens with zero attached hydrogens (tertiary/aromatic N) is 1. The van der Waals surface area contributed by atoms with Gasteiger partial charge < -0.3 is 9.84 Å². The highest BCUT2D eigenvalue weighted by Gasteiger charge is 2.15. The molecule has 0 radical (unpaired) electrons. The molecule has 1 N–H and O–H groups in total. The van der Waals surface area contributed by atoms with Gasteiger partial charge in [0.25, 0.3) is 0 Å². The van der Waals surface area contributed by atoms with Crippen LogP contribution < -0.4 is 0 Å². The second kappa shape index (κ2) is 5.94. The summed E-state index contributed by atoms with van der Waals surface area (Å²) in [5.74, 6) is 0.323. The predicted molar refractivity (Wildman–Crippen MR) is 72.4 cm³/mol. The zero-order valence-corrected chi connectivity index (χ0v) is 10.8. The first-order valence-corrected chi connectivity index (χ1v) is 6.22. The first-order valence-electron chi connectivity index (χ1n) is 6.22. The van der Waals surface area contributed by atoms with Gasteiger partial charge in [0.2, 0.25) is 0 Å². The normalized spacial score (nSPS) is 14.6. The Hall–Kier alpha value is -1.45. The number of benzene rings is 1. The van der Waals surface area contributed by atoms with E-state index in [-0.39, 0.29) is 0 Å². The highest BCUT2D eigenvalue weighted by molar-refractivity contribution is 5.84. The molecule has 3 heteroatoms. The molecule has 96 valence electrons. The second-order valence-electron chi connectivity index (χ2n) is 4.76. The number of fused-ring (bicyclic) bond motifs is 1. The van der Waals surface area contributed by atoms with Crippen molar-refractivity contribution >= 4 is 10.8 Å². The van der Waals surface area contributed by atoms with Crippen molar-refractivity contribution < 1.29 is 9.84 Å². The molecule has 0 saturated carbocycles. The van der Waals surface area contributed by atoms with Crippen LogP contribution in [0.25, 0.3) is 10.8 Å². The molecule has 0 spiro atoms. The van der Waals surface area contributed by atoms with Crippen LogP contribution in [0.15, 0.2) is 36.7 Å². The highest BCUT2D eigenvalue weighted by atomic mass is 16.5. The number of aliphatic hydroxyl groups is 1. The number of hydrogen-bond acceptors (Lipinski definition) is 3. The van der Waals surface area contributed by atoms with Crippen LogP contribution in [0.1, 0.15) is 25.0 Å². The molecular formula is C15H19NO2. The Balaban J connectivity index is 2.24. The standard InChI is InChI=1S/C15H19NO2/c1-11(10-18-2)7-15(17)14-9-16-8-12-5-3-4-6-13(12)14/h3-6,8-9,11,15,17H,7,10H2,1-2H3. The molecule has 1 heterocycles. The minimum Gasteiger partial charge on any atom is -0.388 e. The Morgan fingerprint density at radius 2 is 2.06 bits per heavy atom. The molecule has 2 unspecified atom stereocenters. The lowest BCUT2D eigenvalue weighted by Gasteiger charge is -2.17. The van der Waals surface area contributed by atoms with Gasteiger partial charge in [0, 0.05) is 37.1 Å². The summed E-state index contributed by atoms with van der Waals surface area (Å²) in [7, 11) is 1.68. The van der Waals surface area contributed by atoms with Crippen molar-refractivity contribution in [1.82, 2.24) is 4.98 Å². The van der Waals surface area contributed by atoms with Crippen LogP contribution in [0.2, 0.25) is 0 Å². The van der Waals surface area contributed by atoms with E-state index in [1.165, 1.54) is 0 Å². The molecule has 2 atom stereocenters. The van der Waals surface area contributed by atoms with Gasteiger partial charge in [-0.15, -0.1) is 0 Å². The minimum absolute atomic E-state index is 0.323. The van der Waals surface area contributed by atoms with Gasteiger partial charge in [0.15, 0.2) is 0 Å². The number of hydrogen-bond donors (Lipinski definition) is 1. The lowest BCUT2D eigenvalue weighted by molar-refractivity contribution is 0.102. The van der Waals surface area contributed by atoms with Crippen molar-refractivity contribution in [2.45, 2.75) is 19.4 Å². The Morgan fingerprint density at radius 3 is 2.83 bits per heavy atom. The van der Waals surface area contributed by atoms with E-state index in [0.29, 0.717) is 18.9 Å². The van der Waals surface area contributed by atoms with E-state index in [9.17, 15) is 5.11 Å². The number of pyridine rings is 1. The van der Waals surface area contributed by atoms with Crippen LogP contribution in [-0.4, -0.2) is 23.8 Å². The maximum absolute atomic E-state index is 10.3. The number of aromatic nitrogens is 1. The van der Waals surface area contributed by atoms with Crippen molar-refractivity contribution in [3.8, 4) is 0 Å². The smallest absolute Gasteiger partial charge is 0.0814 e. The Labute approximate surface area is 107 Å². The van der Waals surface area contributed by atoms with Crippen molar-refractivity contribution in [2.24, 2.45) is 5.92 Å². The summed E-state index contributed by atoms with van der Waals surface area (Å²) in [6, 6.07) is 8.00. The van der Waals surface area contributed by atoms with Crippen LogP contribution >= 0.6 is 0 Å². The van der Waals surface area contributed by atoms with Gasteiger partial charge in [-0.1, -0.05) is 31.2 Å². The summed E-state index contributed by atoms with van der Waals surface area (Å²) in [5.41, 5.74) is 0.899. The maximum atomic E-state index is 10.3.